The van der Waals surface area contributed by atoms with Crippen LogP contribution in [0.4, 0.5) is 0 Å². The SMILES string of the molecule is C[CH2][Pt]([CH3])([CH3])([CH3])[CH]1C=CC=C1. The summed E-state index contributed by atoms with van der Waals surface area (Å²) >= 11 is -1.98. The maximum atomic E-state index is 2.52. The Morgan fingerprint density at radius 2 is 1.55 bits per heavy atom. The molecule has 0 saturated carbocycles. The summed E-state index contributed by atoms with van der Waals surface area (Å²) < 4.78 is 0.797. The third kappa shape index (κ3) is 1.85. The number of allylic oxidation sites excluding steroid dienone is 4. The average Bonchev–Trinajstić information content (AvgIpc) is 2.38. The molecular weight excluding hydrogens is 315 g/mol. The Hall–Kier alpha value is 0.168. The molecule has 0 N–H and O–H groups in total. The molecule has 0 radical (unpaired) electrons. The van der Waals surface area contributed by atoms with Crippen LogP contribution in [0.5, 0.6) is 0 Å². The van der Waals surface area contributed by atoms with E-state index in [0.717, 1.165) is 4.31 Å². The van der Waals surface area contributed by atoms with Crippen molar-refractivity contribution in [2.75, 3.05) is 0 Å². The summed E-state index contributed by atoms with van der Waals surface area (Å²) in [5.41, 5.74) is 0. The van der Waals surface area contributed by atoms with Gasteiger partial charge in [-0.3, -0.25) is 0 Å². The van der Waals surface area contributed by atoms with Gasteiger partial charge in [0.05, 0.1) is 0 Å². The van der Waals surface area contributed by atoms with Crippen molar-refractivity contribution in [1.82, 2.24) is 0 Å². The van der Waals surface area contributed by atoms with E-state index in [4.69, 9.17) is 0 Å². The van der Waals surface area contributed by atoms with Gasteiger partial charge in [0.1, 0.15) is 0 Å². The van der Waals surface area contributed by atoms with Gasteiger partial charge in [-0.25, -0.2) is 0 Å². The monoisotopic (exact) mass is 334 g/mol. The van der Waals surface area contributed by atoms with Crippen molar-refractivity contribution in [2.24, 2.45) is 0 Å². The third-order valence-electron chi connectivity index (χ3n) is 2.26. The molecule has 0 saturated heterocycles. The fraction of sp³-hybridized carbons (Fsp3) is 0.600. The topological polar surface area (TPSA) is 0 Å². The third-order valence-corrected chi connectivity index (χ3v) is 14.5. The zero-order chi connectivity index (χ0) is 8.56. The summed E-state index contributed by atoms with van der Waals surface area (Å²) in [7, 11) is 0. The van der Waals surface area contributed by atoms with Gasteiger partial charge in [-0.2, -0.15) is 0 Å². The minimum atomic E-state index is -1.98. The van der Waals surface area contributed by atoms with Gasteiger partial charge in [0.2, 0.25) is 0 Å². The second kappa shape index (κ2) is 2.59. The maximum absolute atomic E-state index is 2.52. The standard InChI is InChI=1S/C5H5.C2H5.3CH3.Pt/c1-2-4-5-3-1;1-2;;;;/h1-5H;1H2,2H3;3*1H3;. The fourth-order valence-electron chi connectivity index (χ4n) is 0.991. The molecule has 0 fully saturated rings. The van der Waals surface area contributed by atoms with Crippen LogP contribution in [0.15, 0.2) is 24.3 Å². The summed E-state index contributed by atoms with van der Waals surface area (Å²) in [5.74, 6) is 0. The predicted octanol–water partition coefficient (Wildman–Crippen LogP) is 4.17. The Bertz CT molecular complexity index is 191. The van der Waals surface area contributed by atoms with Crippen LogP contribution in [-0.2, 0) is 14.8 Å². The van der Waals surface area contributed by atoms with E-state index in [-0.39, 0.29) is 0 Å². The summed E-state index contributed by atoms with van der Waals surface area (Å²) in [6.45, 7) is 2.34. The summed E-state index contributed by atoms with van der Waals surface area (Å²) in [6, 6.07) is 0. The molecule has 0 bridgehead atoms. The Labute approximate surface area is 71.2 Å². The Morgan fingerprint density at radius 3 is 1.91 bits per heavy atom. The Balaban J connectivity index is 2.87. The molecule has 0 heterocycles. The van der Waals surface area contributed by atoms with E-state index < -0.39 is 14.8 Å². The predicted molar refractivity (Wildman–Crippen MR) is 50.1 cm³/mol. The van der Waals surface area contributed by atoms with Crippen molar-refractivity contribution in [1.29, 1.82) is 0 Å². The molecule has 0 amide bonds. The van der Waals surface area contributed by atoms with Crippen LogP contribution < -0.4 is 0 Å². The first-order valence-electron chi connectivity index (χ1n) is 3.73. The van der Waals surface area contributed by atoms with Crippen molar-refractivity contribution in [3.05, 3.63) is 24.3 Å². The fourth-order valence-corrected chi connectivity index (χ4v) is 5.81. The number of rotatable bonds is 2. The van der Waals surface area contributed by atoms with E-state index in [0.29, 0.717) is 0 Å². The van der Waals surface area contributed by atoms with Crippen LogP contribution in [0.3, 0.4) is 0 Å². The van der Waals surface area contributed by atoms with Gasteiger partial charge in [0, 0.05) is 0 Å². The average molecular weight is 334 g/mol. The molecule has 0 aromatic heterocycles. The molecule has 1 aliphatic rings. The zero-order valence-corrected chi connectivity index (χ0v) is 10.2. The van der Waals surface area contributed by atoms with E-state index in [1.165, 1.54) is 4.81 Å². The van der Waals surface area contributed by atoms with Crippen LogP contribution in [0.2, 0.25) is 25.1 Å². The second-order valence-electron chi connectivity index (χ2n) is 3.69. The van der Waals surface area contributed by atoms with Gasteiger partial charge < -0.3 is 0 Å². The molecule has 0 aliphatic heterocycles. The van der Waals surface area contributed by atoms with Gasteiger partial charge in [0.25, 0.3) is 0 Å². The molecule has 0 nitrogen and oxygen atoms in total. The molecule has 1 rings (SSSR count). The molecule has 0 aromatic carbocycles. The van der Waals surface area contributed by atoms with Gasteiger partial charge >= 0.3 is 71.1 Å². The number of hydrogen-bond acceptors (Lipinski definition) is 0. The summed E-state index contributed by atoms with van der Waals surface area (Å²) in [4.78, 5) is 1.39. The van der Waals surface area contributed by atoms with Gasteiger partial charge in [-0.15, -0.1) is 0 Å². The van der Waals surface area contributed by atoms with Gasteiger partial charge in [-0.1, -0.05) is 0 Å². The van der Waals surface area contributed by atoms with Crippen molar-refractivity contribution < 1.29 is 14.8 Å². The quantitative estimate of drug-likeness (QED) is 0.711. The van der Waals surface area contributed by atoms with Crippen LogP contribution in [0, 0.1) is 0 Å². The Kier molecular flexibility index (Phi) is 2.18. The number of hydrogen-bond donors (Lipinski definition) is 0. The van der Waals surface area contributed by atoms with E-state index >= 15 is 0 Å². The van der Waals surface area contributed by atoms with Crippen molar-refractivity contribution >= 4 is 0 Å². The van der Waals surface area contributed by atoms with E-state index in [2.05, 4.69) is 47.2 Å². The zero-order valence-electron chi connectivity index (χ0n) is 7.91. The van der Waals surface area contributed by atoms with Crippen LogP contribution in [-0.4, -0.2) is 0 Å². The summed E-state index contributed by atoms with van der Waals surface area (Å²) in [6.07, 6.45) is 9.13. The van der Waals surface area contributed by atoms with Gasteiger partial charge in [-0.05, 0) is 0 Å². The molecule has 1 aliphatic carbocycles. The molecule has 0 aromatic rings. The summed E-state index contributed by atoms with van der Waals surface area (Å²) in [5, 5.41) is 7.57. The van der Waals surface area contributed by atoms with E-state index in [1.807, 2.05) is 0 Å². The van der Waals surface area contributed by atoms with E-state index in [9.17, 15) is 0 Å². The Morgan fingerprint density at radius 1 is 1.09 bits per heavy atom. The normalized spacial score (nSPS) is 22.0. The van der Waals surface area contributed by atoms with Crippen molar-refractivity contribution in [3.8, 4) is 0 Å². The first-order chi connectivity index (χ1) is 4.94. The molecule has 1 heteroatoms. The molecule has 69 valence electrons. The van der Waals surface area contributed by atoms with Crippen molar-refractivity contribution in [2.45, 2.75) is 32.0 Å². The van der Waals surface area contributed by atoms with Crippen LogP contribution in [0.25, 0.3) is 0 Å². The first-order valence-corrected chi connectivity index (χ1v) is 13.5. The van der Waals surface area contributed by atoms with E-state index in [1.54, 1.807) is 0 Å². The van der Waals surface area contributed by atoms with Gasteiger partial charge in [0.15, 0.2) is 0 Å². The molecular formula is C10H19Pt. The molecule has 0 spiro atoms. The minimum absolute atomic E-state index is 0.797. The molecule has 0 unspecified atom stereocenters. The van der Waals surface area contributed by atoms with Crippen LogP contribution in [0.1, 0.15) is 6.92 Å². The first kappa shape index (κ1) is 9.26. The van der Waals surface area contributed by atoms with Crippen LogP contribution >= 0.6 is 0 Å². The molecule has 11 heavy (non-hydrogen) atoms. The second-order valence-corrected chi connectivity index (χ2v) is 23.3. The van der Waals surface area contributed by atoms with Crippen molar-refractivity contribution in [3.63, 3.8) is 0 Å². The molecule has 0 atom stereocenters.